The van der Waals surface area contributed by atoms with E-state index in [-0.39, 0.29) is 5.91 Å². The lowest BCUT2D eigenvalue weighted by Crippen LogP contribution is -2.47. The number of aryl methyl sites for hydroxylation is 1. The molecule has 1 aromatic heterocycles. The molecule has 1 N–H and O–H groups in total. The molecule has 0 radical (unpaired) electrons. The number of anilines is 2. The predicted molar refractivity (Wildman–Crippen MR) is 144 cm³/mol. The first-order valence-electron chi connectivity index (χ1n) is 12.3. The molecule has 186 valence electrons. The molecular formula is C26H32ClN5O2S. The summed E-state index contributed by atoms with van der Waals surface area (Å²) in [5.41, 5.74) is 4.14. The van der Waals surface area contributed by atoms with E-state index >= 15 is 0 Å². The van der Waals surface area contributed by atoms with Crippen LogP contribution in [0.4, 0.5) is 10.8 Å². The largest absolute Gasteiger partial charge is 0.378 e. The van der Waals surface area contributed by atoms with E-state index < -0.39 is 0 Å². The maximum absolute atomic E-state index is 12.7. The van der Waals surface area contributed by atoms with Crippen LogP contribution < -0.4 is 15.1 Å². The van der Waals surface area contributed by atoms with Crippen molar-refractivity contribution in [1.82, 2.24) is 15.2 Å². The molecule has 0 spiro atoms. The SMILES string of the molecule is Cc1ccc(Cl)cc1N1CCN(CCCNC(=O)c2ccc3nc(N4CCOCC4)sc3c2)CC1. The smallest absolute Gasteiger partial charge is 0.251 e. The van der Waals surface area contributed by atoms with E-state index in [0.717, 1.165) is 85.8 Å². The number of amides is 1. The van der Waals surface area contributed by atoms with Crippen molar-refractivity contribution in [1.29, 1.82) is 0 Å². The topological polar surface area (TPSA) is 60.9 Å². The van der Waals surface area contributed by atoms with Crippen LogP contribution in [0.25, 0.3) is 10.2 Å². The number of piperazine rings is 1. The molecule has 0 atom stereocenters. The average Bonchev–Trinajstić information content (AvgIpc) is 3.32. The molecule has 0 unspecified atom stereocenters. The minimum absolute atomic E-state index is 0.0190. The van der Waals surface area contributed by atoms with Gasteiger partial charge in [-0.2, -0.15) is 0 Å². The summed E-state index contributed by atoms with van der Waals surface area (Å²) < 4.78 is 6.48. The number of aromatic nitrogens is 1. The molecule has 2 saturated heterocycles. The molecule has 3 heterocycles. The van der Waals surface area contributed by atoms with Crippen molar-refractivity contribution >= 4 is 49.9 Å². The van der Waals surface area contributed by atoms with E-state index in [1.165, 1.54) is 11.3 Å². The van der Waals surface area contributed by atoms with Crippen molar-refractivity contribution < 1.29 is 9.53 Å². The number of nitrogens with one attached hydrogen (secondary N) is 1. The standard InChI is InChI=1S/C26H32ClN5O2S/c1-19-3-5-21(27)18-23(19)31-11-9-30(10-12-31)8-2-7-28-25(33)20-4-6-22-24(17-20)35-26(29-22)32-13-15-34-16-14-32/h3-6,17-18H,2,7-16H2,1H3,(H,28,33). The number of rotatable bonds is 7. The van der Waals surface area contributed by atoms with Gasteiger partial charge in [0, 0.05) is 62.1 Å². The maximum Gasteiger partial charge on any atom is 0.251 e. The number of carbonyl (C=O) groups excluding carboxylic acids is 1. The van der Waals surface area contributed by atoms with Crippen LogP contribution in [-0.2, 0) is 4.74 Å². The zero-order valence-electron chi connectivity index (χ0n) is 20.1. The summed E-state index contributed by atoms with van der Waals surface area (Å²) in [6.45, 7) is 11.0. The van der Waals surface area contributed by atoms with Crippen LogP contribution in [0.15, 0.2) is 36.4 Å². The fourth-order valence-electron chi connectivity index (χ4n) is 4.69. The van der Waals surface area contributed by atoms with Crippen molar-refractivity contribution in [2.24, 2.45) is 0 Å². The molecule has 2 aliphatic heterocycles. The molecule has 2 aliphatic rings. The number of hydrogen-bond donors (Lipinski definition) is 1. The van der Waals surface area contributed by atoms with Crippen LogP contribution in [0.3, 0.4) is 0 Å². The number of halogens is 1. The minimum Gasteiger partial charge on any atom is -0.378 e. The number of carbonyl (C=O) groups is 1. The highest BCUT2D eigenvalue weighted by Gasteiger charge is 2.19. The third-order valence-corrected chi connectivity index (χ3v) is 8.06. The van der Waals surface area contributed by atoms with Crippen LogP contribution in [0.1, 0.15) is 22.3 Å². The molecular weight excluding hydrogens is 482 g/mol. The number of benzene rings is 2. The van der Waals surface area contributed by atoms with E-state index in [4.69, 9.17) is 21.3 Å². The van der Waals surface area contributed by atoms with Gasteiger partial charge in [-0.3, -0.25) is 9.69 Å². The summed E-state index contributed by atoms with van der Waals surface area (Å²) in [6, 6.07) is 11.9. The lowest BCUT2D eigenvalue weighted by atomic mass is 10.1. The zero-order chi connectivity index (χ0) is 24.2. The molecule has 2 aromatic carbocycles. The summed E-state index contributed by atoms with van der Waals surface area (Å²) in [5.74, 6) is -0.0190. The third-order valence-electron chi connectivity index (χ3n) is 6.74. The van der Waals surface area contributed by atoms with Gasteiger partial charge in [-0.05, 0) is 55.8 Å². The molecule has 3 aromatic rings. The Balaban J connectivity index is 1.07. The fraction of sp³-hybridized carbons (Fsp3) is 0.462. The Morgan fingerprint density at radius 3 is 2.66 bits per heavy atom. The lowest BCUT2D eigenvalue weighted by Gasteiger charge is -2.37. The van der Waals surface area contributed by atoms with Gasteiger partial charge in [0.25, 0.3) is 5.91 Å². The monoisotopic (exact) mass is 513 g/mol. The second-order valence-electron chi connectivity index (χ2n) is 9.15. The molecule has 0 bridgehead atoms. The summed E-state index contributed by atoms with van der Waals surface area (Å²) in [7, 11) is 0. The number of hydrogen-bond acceptors (Lipinski definition) is 7. The van der Waals surface area contributed by atoms with Crippen molar-refractivity contribution in [2.75, 3.05) is 75.4 Å². The second kappa shape index (κ2) is 11.1. The Bertz CT molecular complexity index is 1170. The Hall–Kier alpha value is -2.39. The quantitative estimate of drug-likeness (QED) is 0.481. The lowest BCUT2D eigenvalue weighted by molar-refractivity contribution is 0.0951. The van der Waals surface area contributed by atoms with Crippen LogP contribution >= 0.6 is 22.9 Å². The molecule has 0 aliphatic carbocycles. The Morgan fingerprint density at radius 1 is 1.06 bits per heavy atom. The highest BCUT2D eigenvalue weighted by atomic mass is 35.5. The van der Waals surface area contributed by atoms with E-state index in [2.05, 4.69) is 39.1 Å². The molecule has 5 rings (SSSR count). The van der Waals surface area contributed by atoms with E-state index in [9.17, 15) is 4.79 Å². The molecule has 35 heavy (non-hydrogen) atoms. The first kappa shape index (κ1) is 24.3. The van der Waals surface area contributed by atoms with Gasteiger partial charge in [0.15, 0.2) is 5.13 Å². The van der Waals surface area contributed by atoms with E-state index in [1.54, 1.807) is 11.3 Å². The summed E-state index contributed by atoms with van der Waals surface area (Å²) in [5, 5.41) is 4.88. The normalized spacial score (nSPS) is 17.2. The first-order chi connectivity index (χ1) is 17.1. The number of fused-ring (bicyclic) bond motifs is 1. The first-order valence-corrected chi connectivity index (χ1v) is 13.5. The van der Waals surface area contributed by atoms with Crippen LogP contribution in [-0.4, -0.2) is 81.4 Å². The Morgan fingerprint density at radius 2 is 1.86 bits per heavy atom. The summed E-state index contributed by atoms with van der Waals surface area (Å²) in [6.07, 6.45) is 0.936. The maximum atomic E-state index is 12.7. The van der Waals surface area contributed by atoms with Crippen molar-refractivity contribution in [3.8, 4) is 0 Å². The van der Waals surface area contributed by atoms with Gasteiger partial charge in [0.1, 0.15) is 0 Å². The van der Waals surface area contributed by atoms with E-state index in [1.807, 2.05) is 24.3 Å². The van der Waals surface area contributed by atoms with Gasteiger partial charge in [-0.25, -0.2) is 4.98 Å². The van der Waals surface area contributed by atoms with E-state index in [0.29, 0.717) is 12.1 Å². The van der Waals surface area contributed by atoms with Crippen molar-refractivity contribution in [2.45, 2.75) is 13.3 Å². The highest BCUT2D eigenvalue weighted by molar-refractivity contribution is 7.22. The van der Waals surface area contributed by atoms with Gasteiger partial charge in [-0.1, -0.05) is 29.0 Å². The Labute approximate surface area is 215 Å². The molecule has 2 fully saturated rings. The number of ether oxygens (including phenoxy) is 1. The van der Waals surface area contributed by atoms with Gasteiger partial charge in [0.05, 0.1) is 23.4 Å². The third kappa shape index (κ3) is 5.89. The van der Waals surface area contributed by atoms with Crippen LogP contribution in [0, 0.1) is 6.92 Å². The van der Waals surface area contributed by atoms with Gasteiger partial charge >= 0.3 is 0 Å². The highest BCUT2D eigenvalue weighted by Crippen LogP contribution is 2.30. The summed E-state index contributed by atoms with van der Waals surface area (Å²) >= 11 is 7.84. The van der Waals surface area contributed by atoms with Crippen LogP contribution in [0.5, 0.6) is 0 Å². The minimum atomic E-state index is -0.0190. The Kier molecular flexibility index (Phi) is 7.72. The number of thiazole rings is 1. The molecule has 1 amide bonds. The molecule has 9 heteroatoms. The summed E-state index contributed by atoms with van der Waals surface area (Å²) in [4.78, 5) is 24.6. The number of morpholine rings is 1. The second-order valence-corrected chi connectivity index (χ2v) is 10.6. The predicted octanol–water partition coefficient (Wildman–Crippen LogP) is 4.04. The van der Waals surface area contributed by atoms with Gasteiger partial charge in [-0.15, -0.1) is 0 Å². The van der Waals surface area contributed by atoms with Crippen molar-refractivity contribution in [3.05, 3.63) is 52.5 Å². The van der Waals surface area contributed by atoms with Gasteiger partial charge < -0.3 is 19.9 Å². The van der Waals surface area contributed by atoms with Crippen molar-refractivity contribution in [3.63, 3.8) is 0 Å². The van der Waals surface area contributed by atoms with Crippen LogP contribution in [0.2, 0.25) is 5.02 Å². The van der Waals surface area contributed by atoms with Gasteiger partial charge in [0.2, 0.25) is 0 Å². The number of nitrogens with zero attached hydrogens (tertiary/aromatic N) is 4. The average molecular weight is 514 g/mol. The molecule has 7 nitrogen and oxygen atoms in total. The fourth-order valence-corrected chi connectivity index (χ4v) is 5.91. The zero-order valence-corrected chi connectivity index (χ0v) is 21.7. The molecule has 0 saturated carbocycles.